The summed E-state index contributed by atoms with van der Waals surface area (Å²) in [6, 6.07) is 22.0. The molecule has 1 aliphatic heterocycles. The van der Waals surface area contributed by atoms with Crippen LogP contribution in [-0.4, -0.2) is 27.9 Å². The van der Waals surface area contributed by atoms with Crippen molar-refractivity contribution in [2.45, 2.75) is 57.7 Å². The Bertz CT molecular complexity index is 1520. The maximum atomic E-state index is 6.43. The molecule has 6 rings (SSSR count). The van der Waals surface area contributed by atoms with Gasteiger partial charge >= 0.3 is 0 Å². The van der Waals surface area contributed by atoms with Crippen LogP contribution in [0.1, 0.15) is 60.4 Å². The van der Waals surface area contributed by atoms with E-state index in [9.17, 15) is 0 Å². The highest BCUT2D eigenvalue weighted by Crippen LogP contribution is 2.44. The van der Waals surface area contributed by atoms with Gasteiger partial charge < -0.3 is 24.3 Å². The van der Waals surface area contributed by atoms with E-state index in [1.165, 1.54) is 12.8 Å². The third-order valence-electron chi connectivity index (χ3n) is 7.99. The van der Waals surface area contributed by atoms with E-state index in [0.29, 0.717) is 16.2 Å². The Labute approximate surface area is 245 Å². The zero-order valence-electron chi connectivity index (χ0n) is 22.9. The van der Waals surface area contributed by atoms with Crippen LogP contribution in [0.4, 0.5) is 5.69 Å². The van der Waals surface area contributed by atoms with Gasteiger partial charge in [-0.25, -0.2) is 0 Å². The summed E-state index contributed by atoms with van der Waals surface area (Å²) in [6.07, 6.45) is 6.88. The number of aryl methyl sites for hydroxylation is 1. The van der Waals surface area contributed by atoms with Gasteiger partial charge in [0.15, 0.2) is 5.11 Å². The van der Waals surface area contributed by atoms with E-state index in [1.807, 2.05) is 36.5 Å². The van der Waals surface area contributed by atoms with Crippen molar-refractivity contribution in [3.8, 4) is 17.2 Å². The van der Waals surface area contributed by atoms with Crippen LogP contribution in [-0.2, 0) is 0 Å². The molecule has 0 bridgehead atoms. The maximum Gasteiger partial charge on any atom is 0.174 e. The highest BCUT2D eigenvalue weighted by Gasteiger charge is 2.42. The van der Waals surface area contributed by atoms with Crippen LogP contribution in [0.3, 0.4) is 0 Å². The van der Waals surface area contributed by atoms with Crippen LogP contribution in [0.5, 0.6) is 11.5 Å². The van der Waals surface area contributed by atoms with E-state index in [2.05, 4.69) is 65.0 Å². The molecule has 2 aromatic heterocycles. The number of thiocarbonyl (C=S) groups is 1. The number of hydrogen-bond acceptors (Lipinski definition) is 4. The fraction of sp³-hybridized carbons (Fsp3) is 0.312. The summed E-state index contributed by atoms with van der Waals surface area (Å²) < 4.78 is 14.2. The number of hydrogen-bond donors (Lipinski definition) is 1. The van der Waals surface area contributed by atoms with Gasteiger partial charge in [-0.2, -0.15) is 0 Å². The summed E-state index contributed by atoms with van der Waals surface area (Å²) in [5.74, 6) is 1.66. The number of benzene rings is 2. The molecule has 1 saturated heterocycles. The lowest BCUT2D eigenvalue weighted by molar-refractivity contribution is 0.210. The molecule has 40 heavy (non-hydrogen) atoms. The second-order valence-corrected chi connectivity index (χ2v) is 11.3. The summed E-state index contributed by atoms with van der Waals surface area (Å²) in [5.41, 5.74) is 6.15. The van der Waals surface area contributed by atoms with Gasteiger partial charge in [0.1, 0.15) is 11.5 Å². The largest absolute Gasteiger partial charge is 0.495 e. The lowest BCUT2D eigenvalue weighted by atomic mass is 9.96. The van der Waals surface area contributed by atoms with Crippen molar-refractivity contribution < 1.29 is 9.47 Å². The van der Waals surface area contributed by atoms with Crippen LogP contribution in [0.15, 0.2) is 72.9 Å². The third-order valence-corrected chi connectivity index (χ3v) is 8.54. The molecule has 6 nitrogen and oxygen atoms in total. The fourth-order valence-corrected chi connectivity index (χ4v) is 6.64. The zero-order valence-corrected chi connectivity index (χ0v) is 24.5. The molecular formula is C32H33ClN4O2S. The van der Waals surface area contributed by atoms with Crippen molar-refractivity contribution >= 4 is 34.6 Å². The topological polar surface area (TPSA) is 51.5 Å². The molecular weight excluding hydrogens is 540 g/mol. The van der Waals surface area contributed by atoms with Gasteiger partial charge in [-0.05, 0) is 118 Å². The Balaban J connectivity index is 1.43. The number of aromatic nitrogens is 2. The predicted molar refractivity (Wildman–Crippen MR) is 164 cm³/mol. The van der Waals surface area contributed by atoms with Crippen molar-refractivity contribution in [1.82, 2.24) is 14.9 Å². The Morgan fingerprint density at radius 1 is 1.00 bits per heavy atom. The van der Waals surface area contributed by atoms with Gasteiger partial charge in [-0.1, -0.05) is 17.7 Å². The standard InChI is InChI=1S/C32H33ClN4O2S/c1-20-18-26(21(2)36(20)28-19-22(33)11-16-29(28)38-3)31-30(27-10-6-7-17-34-27)35-32(40)37(31)23-12-14-25(15-13-23)39-24-8-4-5-9-24/h6-7,10-19,24,30-31H,4-5,8-9H2,1-3H3,(H,35,40)/t30-,31-/m1/s1. The van der Waals surface area contributed by atoms with Gasteiger partial charge in [0.05, 0.1) is 36.7 Å². The van der Waals surface area contributed by atoms with Crippen LogP contribution in [0, 0.1) is 13.8 Å². The normalized spacial score (nSPS) is 19.2. The quantitative estimate of drug-likeness (QED) is 0.230. The Morgan fingerprint density at radius 3 is 2.48 bits per heavy atom. The number of methoxy groups -OCH3 is 1. The second kappa shape index (κ2) is 11.1. The van der Waals surface area contributed by atoms with Crippen molar-refractivity contribution in [2.75, 3.05) is 12.0 Å². The van der Waals surface area contributed by atoms with E-state index < -0.39 is 0 Å². The Morgan fingerprint density at radius 2 is 1.77 bits per heavy atom. The predicted octanol–water partition coefficient (Wildman–Crippen LogP) is 7.65. The summed E-state index contributed by atoms with van der Waals surface area (Å²) >= 11 is 12.4. The minimum Gasteiger partial charge on any atom is -0.495 e. The van der Waals surface area contributed by atoms with Gasteiger partial charge in [0.25, 0.3) is 0 Å². The van der Waals surface area contributed by atoms with Gasteiger partial charge in [-0.15, -0.1) is 0 Å². The second-order valence-electron chi connectivity index (χ2n) is 10.5. The third kappa shape index (κ3) is 4.93. The summed E-state index contributed by atoms with van der Waals surface area (Å²) in [4.78, 5) is 6.92. The molecule has 3 heterocycles. The van der Waals surface area contributed by atoms with Gasteiger partial charge in [0, 0.05) is 28.3 Å². The highest BCUT2D eigenvalue weighted by molar-refractivity contribution is 7.80. The molecule has 0 unspecified atom stereocenters. The number of halogens is 1. The first-order chi connectivity index (χ1) is 19.4. The molecule has 206 valence electrons. The summed E-state index contributed by atoms with van der Waals surface area (Å²) in [6.45, 7) is 4.24. The van der Waals surface area contributed by atoms with Gasteiger partial charge in [0.2, 0.25) is 0 Å². The van der Waals surface area contributed by atoms with Crippen LogP contribution in [0.2, 0.25) is 5.02 Å². The van der Waals surface area contributed by atoms with Gasteiger partial charge in [-0.3, -0.25) is 4.98 Å². The minimum atomic E-state index is -0.140. The Kier molecular flexibility index (Phi) is 7.43. The van der Waals surface area contributed by atoms with E-state index in [4.69, 9.17) is 38.3 Å². The molecule has 0 spiro atoms. The molecule has 2 aromatic carbocycles. The lowest BCUT2D eigenvalue weighted by Crippen LogP contribution is -2.29. The number of nitrogens with one attached hydrogen (secondary N) is 1. The van der Waals surface area contributed by atoms with E-state index in [-0.39, 0.29) is 12.1 Å². The smallest absolute Gasteiger partial charge is 0.174 e. The SMILES string of the molecule is COc1ccc(Cl)cc1-n1c(C)cc([C@@H]2[C@@H](c3ccccn3)NC(=S)N2c2ccc(OC3CCCC3)cc2)c1C. The average molecular weight is 573 g/mol. The molecule has 8 heteroatoms. The minimum absolute atomic E-state index is 0.130. The molecule has 4 aromatic rings. The van der Waals surface area contributed by atoms with Crippen molar-refractivity contribution in [3.63, 3.8) is 0 Å². The van der Waals surface area contributed by atoms with E-state index in [1.54, 1.807) is 7.11 Å². The number of pyridine rings is 1. The van der Waals surface area contributed by atoms with Crippen LogP contribution in [0.25, 0.3) is 5.69 Å². The van der Waals surface area contributed by atoms with Crippen LogP contribution >= 0.6 is 23.8 Å². The molecule has 1 N–H and O–H groups in total. The maximum absolute atomic E-state index is 6.43. The van der Waals surface area contributed by atoms with Crippen LogP contribution < -0.4 is 19.7 Å². The summed E-state index contributed by atoms with van der Waals surface area (Å²) in [7, 11) is 1.68. The molecule has 0 amide bonds. The Hall–Kier alpha value is -3.55. The highest BCUT2D eigenvalue weighted by atomic mass is 35.5. The first kappa shape index (κ1) is 26.7. The molecule has 2 atom stereocenters. The average Bonchev–Trinajstić information content (AvgIpc) is 3.67. The first-order valence-electron chi connectivity index (χ1n) is 13.7. The lowest BCUT2D eigenvalue weighted by Gasteiger charge is -2.28. The van der Waals surface area contributed by atoms with E-state index >= 15 is 0 Å². The monoisotopic (exact) mass is 572 g/mol. The zero-order chi connectivity index (χ0) is 27.8. The number of rotatable bonds is 7. The fourth-order valence-electron chi connectivity index (χ4n) is 6.13. The number of anilines is 1. The van der Waals surface area contributed by atoms with Crippen molar-refractivity contribution in [2.24, 2.45) is 0 Å². The van der Waals surface area contributed by atoms with Crippen molar-refractivity contribution in [1.29, 1.82) is 0 Å². The summed E-state index contributed by atoms with van der Waals surface area (Å²) in [5, 5.41) is 4.89. The molecule has 2 aliphatic rings. The van der Waals surface area contributed by atoms with E-state index in [0.717, 1.165) is 58.4 Å². The number of nitrogens with zero attached hydrogens (tertiary/aromatic N) is 3. The number of ether oxygens (including phenoxy) is 2. The molecule has 2 fully saturated rings. The first-order valence-corrected chi connectivity index (χ1v) is 14.5. The van der Waals surface area contributed by atoms with Crippen molar-refractivity contribution in [3.05, 3.63) is 101 Å². The molecule has 0 radical (unpaired) electrons. The molecule has 1 saturated carbocycles. The molecule has 1 aliphatic carbocycles.